The fraction of sp³-hybridized carbons (Fsp3) is 0.148. The maximum Gasteiger partial charge on any atom is 0.231 e. The first-order valence-electron chi connectivity index (χ1n) is 11.4. The zero-order chi connectivity index (χ0) is 23.8. The second kappa shape index (κ2) is 8.72. The van der Waals surface area contributed by atoms with Gasteiger partial charge in [0.25, 0.3) is 0 Å². The summed E-state index contributed by atoms with van der Waals surface area (Å²) >= 11 is 0. The Morgan fingerprint density at radius 3 is 2.66 bits per heavy atom. The molecule has 8 heteroatoms. The molecule has 0 saturated heterocycles. The summed E-state index contributed by atoms with van der Waals surface area (Å²) in [5.74, 6) is 1.69. The summed E-state index contributed by atoms with van der Waals surface area (Å²) in [5.41, 5.74) is 6.11. The van der Waals surface area contributed by atoms with Crippen LogP contribution in [0.15, 0.2) is 73.1 Å². The molecule has 0 aliphatic carbocycles. The molecule has 0 bridgehead atoms. The predicted octanol–water partition coefficient (Wildman–Crippen LogP) is 5.50. The molecule has 0 atom stereocenters. The molecule has 0 fully saturated rings. The second-order valence-electron chi connectivity index (χ2n) is 8.24. The van der Waals surface area contributed by atoms with Crippen LogP contribution in [0.3, 0.4) is 0 Å². The Labute approximate surface area is 201 Å². The van der Waals surface area contributed by atoms with E-state index >= 15 is 0 Å². The van der Waals surface area contributed by atoms with Crippen molar-refractivity contribution in [1.82, 2.24) is 19.4 Å². The maximum atomic E-state index is 13.6. The van der Waals surface area contributed by atoms with Crippen LogP contribution >= 0.6 is 0 Å². The number of imidazole rings is 1. The number of nitrogens with one attached hydrogen (secondary N) is 1. The van der Waals surface area contributed by atoms with Crippen LogP contribution in [-0.4, -0.2) is 26.1 Å². The summed E-state index contributed by atoms with van der Waals surface area (Å²) in [6.45, 7) is 2.88. The van der Waals surface area contributed by atoms with Crippen LogP contribution < -0.4 is 14.8 Å². The molecule has 3 aromatic heterocycles. The van der Waals surface area contributed by atoms with Gasteiger partial charge in [-0.1, -0.05) is 13.0 Å². The molecule has 1 N–H and O–H groups in total. The summed E-state index contributed by atoms with van der Waals surface area (Å²) in [7, 11) is 0. The van der Waals surface area contributed by atoms with Crippen LogP contribution in [0.25, 0.3) is 28.3 Å². The number of anilines is 1. The van der Waals surface area contributed by atoms with Crippen molar-refractivity contribution in [2.45, 2.75) is 19.9 Å². The Morgan fingerprint density at radius 1 is 0.943 bits per heavy atom. The minimum atomic E-state index is -0.288. The molecule has 0 amide bonds. The Hall–Kier alpha value is -4.46. The fourth-order valence-electron chi connectivity index (χ4n) is 4.17. The Morgan fingerprint density at radius 2 is 1.80 bits per heavy atom. The molecule has 1 aliphatic rings. The van der Waals surface area contributed by atoms with Crippen molar-refractivity contribution in [3.05, 3.63) is 90.0 Å². The monoisotopic (exact) mass is 467 g/mol. The van der Waals surface area contributed by atoms with Crippen LogP contribution in [0.4, 0.5) is 10.3 Å². The third-order valence-corrected chi connectivity index (χ3v) is 6.00. The normalized spacial score (nSPS) is 12.3. The van der Waals surface area contributed by atoms with Crippen molar-refractivity contribution in [2.75, 3.05) is 12.1 Å². The van der Waals surface area contributed by atoms with Gasteiger partial charge in [-0.05, 0) is 72.1 Å². The molecule has 5 aromatic rings. The average Bonchev–Trinajstić information content (AvgIpc) is 3.52. The topological polar surface area (TPSA) is 73.6 Å². The van der Waals surface area contributed by atoms with Gasteiger partial charge in [-0.15, -0.1) is 0 Å². The minimum Gasteiger partial charge on any atom is -0.454 e. The number of pyridine rings is 1. The van der Waals surface area contributed by atoms with E-state index in [1.807, 2.05) is 34.9 Å². The van der Waals surface area contributed by atoms with Gasteiger partial charge in [0.05, 0.1) is 17.1 Å². The molecule has 2 aromatic carbocycles. The summed E-state index contributed by atoms with van der Waals surface area (Å²) in [5, 5.41) is 3.29. The van der Waals surface area contributed by atoms with Crippen LogP contribution in [0.5, 0.6) is 11.5 Å². The number of nitrogens with zero attached hydrogens (tertiary/aromatic N) is 4. The highest BCUT2D eigenvalue weighted by Crippen LogP contribution is 2.34. The van der Waals surface area contributed by atoms with Gasteiger partial charge in [0.2, 0.25) is 12.7 Å². The lowest BCUT2D eigenvalue weighted by atomic mass is 10.1. The molecule has 0 radical (unpaired) electrons. The summed E-state index contributed by atoms with van der Waals surface area (Å²) in [6.07, 6.45) is 4.63. The highest BCUT2D eigenvalue weighted by atomic mass is 19.1. The van der Waals surface area contributed by atoms with Crippen molar-refractivity contribution in [2.24, 2.45) is 0 Å². The van der Waals surface area contributed by atoms with Crippen LogP contribution in [0.1, 0.15) is 18.1 Å². The largest absolute Gasteiger partial charge is 0.454 e. The lowest BCUT2D eigenvalue weighted by Gasteiger charge is -2.09. The first-order chi connectivity index (χ1) is 17.2. The van der Waals surface area contributed by atoms with Crippen molar-refractivity contribution < 1.29 is 13.9 Å². The third kappa shape index (κ3) is 4.03. The zero-order valence-corrected chi connectivity index (χ0v) is 19.0. The van der Waals surface area contributed by atoms with E-state index in [-0.39, 0.29) is 12.6 Å². The molecular formula is C27H22FN5O2. The number of rotatable bonds is 6. The van der Waals surface area contributed by atoms with Crippen LogP contribution in [-0.2, 0) is 13.0 Å². The molecule has 0 saturated carbocycles. The lowest BCUT2D eigenvalue weighted by molar-refractivity contribution is 0.174. The quantitative estimate of drug-likeness (QED) is 0.356. The van der Waals surface area contributed by atoms with Gasteiger partial charge in [-0.2, -0.15) is 0 Å². The zero-order valence-electron chi connectivity index (χ0n) is 19.0. The summed E-state index contributed by atoms with van der Waals surface area (Å²) in [6, 6.07) is 18.2. The second-order valence-corrected chi connectivity index (χ2v) is 8.24. The van der Waals surface area contributed by atoms with E-state index in [1.165, 1.54) is 17.7 Å². The summed E-state index contributed by atoms with van der Waals surface area (Å²) in [4.78, 5) is 14.1. The molecule has 174 valence electrons. The number of hydrogen-bond acceptors (Lipinski definition) is 6. The number of aryl methyl sites for hydroxylation is 1. The van der Waals surface area contributed by atoms with E-state index in [9.17, 15) is 4.39 Å². The van der Waals surface area contributed by atoms with E-state index < -0.39 is 0 Å². The third-order valence-electron chi connectivity index (χ3n) is 6.00. The van der Waals surface area contributed by atoms with Gasteiger partial charge >= 0.3 is 0 Å². The Kier molecular flexibility index (Phi) is 5.25. The van der Waals surface area contributed by atoms with Crippen molar-refractivity contribution in [1.29, 1.82) is 0 Å². The summed E-state index contributed by atoms with van der Waals surface area (Å²) < 4.78 is 26.5. The Balaban J connectivity index is 1.37. The van der Waals surface area contributed by atoms with E-state index in [4.69, 9.17) is 19.4 Å². The van der Waals surface area contributed by atoms with Crippen LogP contribution in [0.2, 0.25) is 0 Å². The molecule has 0 spiro atoms. The Bertz CT molecular complexity index is 1530. The predicted molar refractivity (Wildman–Crippen MR) is 131 cm³/mol. The van der Waals surface area contributed by atoms with E-state index in [1.54, 1.807) is 18.3 Å². The van der Waals surface area contributed by atoms with E-state index in [0.29, 0.717) is 18.2 Å². The SMILES string of the molecule is CCc1ccn2c(-c3ccnc(NCc4ccc5c(c4)OCO5)n3)c(-c3ccc(F)cc3)nc2c1. The molecule has 6 rings (SSSR count). The lowest BCUT2D eigenvalue weighted by Crippen LogP contribution is -2.04. The molecule has 4 heterocycles. The van der Waals surface area contributed by atoms with Gasteiger partial charge in [0, 0.05) is 24.5 Å². The van der Waals surface area contributed by atoms with Gasteiger partial charge in [-0.25, -0.2) is 19.3 Å². The number of hydrogen-bond donors (Lipinski definition) is 1. The van der Waals surface area contributed by atoms with Crippen molar-refractivity contribution in [3.8, 4) is 34.1 Å². The number of ether oxygens (including phenoxy) is 2. The van der Waals surface area contributed by atoms with E-state index in [0.717, 1.165) is 46.1 Å². The van der Waals surface area contributed by atoms with E-state index in [2.05, 4.69) is 29.4 Å². The van der Waals surface area contributed by atoms with Gasteiger partial charge < -0.3 is 14.8 Å². The van der Waals surface area contributed by atoms with Gasteiger partial charge in [0.15, 0.2) is 11.5 Å². The number of halogens is 1. The van der Waals surface area contributed by atoms with Crippen LogP contribution in [0, 0.1) is 5.82 Å². The standard InChI is InChI=1S/C27H22FN5O2/c1-2-17-10-12-33-24(14-17)32-25(19-4-6-20(28)7-5-19)26(33)21-9-11-29-27(31-21)30-15-18-3-8-22-23(13-18)35-16-34-22/h3-14H,2,15-16H2,1H3,(H,29,30,31). The van der Waals surface area contributed by atoms with Gasteiger partial charge in [0.1, 0.15) is 11.5 Å². The smallest absolute Gasteiger partial charge is 0.231 e. The van der Waals surface area contributed by atoms with Crippen molar-refractivity contribution >= 4 is 11.6 Å². The molecule has 7 nitrogen and oxygen atoms in total. The van der Waals surface area contributed by atoms with Crippen molar-refractivity contribution in [3.63, 3.8) is 0 Å². The number of aromatic nitrogens is 4. The van der Waals surface area contributed by atoms with Gasteiger partial charge in [-0.3, -0.25) is 4.40 Å². The molecule has 0 unspecified atom stereocenters. The first kappa shape index (κ1) is 21.1. The fourth-order valence-corrected chi connectivity index (χ4v) is 4.17. The first-order valence-corrected chi connectivity index (χ1v) is 11.4. The maximum absolute atomic E-state index is 13.6. The molecule has 35 heavy (non-hydrogen) atoms. The average molecular weight is 468 g/mol. The number of fused-ring (bicyclic) bond motifs is 2. The molecular weight excluding hydrogens is 445 g/mol. The highest BCUT2D eigenvalue weighted by Gasteiger charge is 2.18. The number of benzene rings is 2. The highest BCUT2D eigenvalue weighted by molar-refractivity contribution is 5.80. The molecule has 1 aliphatic heterocycles. The minimum absolute atomic E-state index is 0.243.